The molecule has 0 radical (unpaired) electrons. The van der Waals surface area contributed by atoms with E-state index in [-0.39, 0.29) is 0 Å². The molecule has 0 aromatic carbocycles. The number of carbonyl (C=O) groups is 3. The maximum atomic E-state index is 10.5. The summed E-state index contributed by atoms with van der Waals surface area (Å²) in [6.45, 7) is 1.13. The minimum absolute atomic E-state index is 0.509. The third kappa shape index (κ3) is 4.75. The average Bonchev–Trinajstić information content (AvgIpc) is 2.02. The van der Waals surface area contributed by atoms with Crippen molar-refractivity contribution in [2.45, 2.75) is 19.4 Å². The lowest BCUT2D eigenvalue weighted by atomic mass is 10.2. The fourth-order valence-corrected chi connectivity index (χ4v) is 0.676. The van der Waals surface area contributed by atoms with Crippen LogP contribution in [-0.4, -0.2) is 34.1 Å². The summed E-state index contributed by atoms with van der Waals surface area (Å²) in [7, 11) is 0. The molecule has 0 aromatic rings. The summed E-state index contributed by atoms with van der Waals surface area (Å²) >= 11 is 0. The number of carboxylic acids is 1. The molecule has 0 saturated heterocycles. The number of amides is 2. The van der Waals surface area contributed by atoms with Crippen LogP contribution >= 0.6 is 0 Å². The van der Waals surface area contributed by atoms with Gasteiger partial charge in [0.25, 0.3) is 0 Å². The van der Waals surface area contributed by atoms with E-state index in [0.717, 1.165) is 6.92 Å². The number of hydrogen-bond donors (Lipinski definition) is 4. The number of nitrogens with one attached hydrogen (secondary N) is 2. The van der Waals surface area contributed by atoms with Crippen molar-refractivity contribution in [3.8, 4) is 0 Å². The van der Waals surface area contributed by atoms with Crippen LogP contribution in [0.25, 0.3) is 0 Å². The molecule has 0 aliphatic heterocycles. The summed E-state index contributed by atoms with van der Waals surface area (Å²) < 4.78 is 0. The van der Waals surface area contributed by atoms with Crippen molar-refractivity contribution in [2.24, 2.45) is 0 Å². The molecule has 0 aliphatic carbocycles. The second kappa shape index (κ2) is 5.09. The van der Waals surface area contributed by atoms with Crippen LogP contribution in [0.2, 0.25) is 0 Å². The van der Waals surface area contributed by atoms with Gasteiger partial charge in [0.05, 0.1) is 6.42 Å². The van der Waals surface area contributed by atoms with Crippen LogP contribution < -0.4 is 10.8 Å². The third-order valence-electron chi connectivity index (χ3n) is 1.19. The average molecular weight is 190 g/mol. The summed E-state index contributed by atoms with van der Waals surface area (Å²) in [6, 6.07) is -1.32. The van der Waals surface area contributed by atoms with Crippen molar-refractivity contribution in [2.75, 3.05) is 0 Å². The smallest absolute Gasteiger partial charge is 0.326 e. The summed E-state index contributed by atoms with van der Waals surface area (Å²) in [5.41, 5.74) is 1.27. The van der Waals surface area contributed by atoms with Gasteiger partial charge in [-0.3, -0.25) is 14.8 Å². The molecule has 0 unspecified atom stereocenters. The normalized spacial score (nSPS) is 11.5. The number of hydrogen-bond acceptors (Lipinski definition) is 4. The molecule has 7 heteroatoms. The first kappa shape index (κ1) is 11.4. The van der Waals surface area contributed by atoms with E-state index < -0.39 is 30.2 Å². The van der Waals surface area contributed by atoms with E-state index in [4.69, 9.17) is 10.3 Å². The molecule has 0 fully saturated rings. The third-order valence-corrected chi connectivity index (χ3v) is 1.19. The van der Waals surface area contributed by atoms with Crippen LogP contribution in [0.15, 0.2) is 0 Å². The van der Waals surface area contributed by atoms with Gasteiger partial charge < -0.3 is 10.4 Å². The number of hydroxylamine groups is 1. The van der Waals surface area contributed by atoms with Crippen LogP contribution in [0.5, 0.6) is 0 Å². The second-order valence-corrected chi connectivity index (χ2v) is 2.33. The predicted octanol–water partition coefficient (Wildman–Crippen LogP) is -1.53. The predicted molar refractivity (Wildman–Crippen MR) is 39.8 cm³/mol. The minimum Gasteiger partial charge on any atom is -0.480 e. The highest BCUT2D eigenvalue weighted by atomic mass is 16.5. The Morgan fingerprint density at radius 3 is 2.23 bits per heavy atom. The van der Waals surface area contributed by atoms with Gasteiger partial charge in [0.2, 0.25) is 11.8 Å². The second-order valence-electron chi connectivity index (χ2n) is 2.33. The molecule has 1 atom stereocenters. The lowest BCUT2D eigenvalue weighted by Gasteiger charge is -2.10. The van der Waals surface area contributed by atoms with Gasteiger partial charge >= 0.3 is 5.97 Å². The quantitative estimate of drug-likeness (QED) is 0.317. The Morgan fingerprint density at radius 1 is 1.38 bits per heavy atom. The molecular formula is C6H10N2O5. The largest absolute Gasteiger partial charge is 0.480 e. The molecule has 2 amide bonds. The van der Waals surface area contributed by atoms with Crippen LogP contribution in [0.4, 0.5) is 0 Å². The van der Waals surface area contributed by atoms with Gasteiger partial charge in [-0.15, -0.1) is 0 Å². The summed E-state index contributed by atoms with van der Waals surface area (Å²) in [6.07, 6.45) is -0.509. The van der Waals surface area contributed by atoms with Gasteiger partial charge in [-0.25, -0.2) is 10.3 Å². The van der Waals surface area contributed by atoms with Crippen molar-refractivity contribution >= 4 is 17.8 Å². The van der Waals surface area contributed by atoms with E-state index in [1.807, 2.05) is 5.32 Å². The Morgan fingerprint density at radius 2 is 1.92 bits per heavy atom. The standard InChI is InChI=1S/C6H10N2O5/c1-3(9)7-4(6(11)12)2-5(10)8-13/h4,13H,2H2,1H3,(H,7,9)(H,8,10)(H,11,12)/t4-/m1/s1. The molecule has 74 valence electrons. The van der Waals surface area contributed by atoms with E-state index in [1.165, 1.54) is 5.48 Å². The first-order valence-electron chi connectivity index (χ1n) is 3.40. The fourth-order valence-electron chi connectivity index (χ4n) is 0.676. The Hall–Kier alpha value is -1.63. The molecular weight excluding hydrogens is 180 g/mol. The Labute approximate surface area is 73.7 Å². The Balaban J connectivity index is 4.18. The molecule has 0 aromatic heterocycles. The Kier molecular flexibility index (Phi) is 4.45. The lowest BCUT2D eigenvalue weighted by Crippen LogP contribution is -2.42. The highest BCUT2D eigenvalue weighted by Gasteiger charge is 2.21. The monoisotopic (exact) mass is 190 g/mol. The van der Waals surface area contributed by atoms with Crippen molar-refractivity contribution in [3.63, 3.8) is 0 Å². The van der Waals surface area contributed by atoms with Crippen molar-refractivity contribution < 1.29 is 24.7 Å². The summed E-state index contributed by atoms with van der Waals surface area (Å²) in [5.74, 6) is -2.77. The molecule has 7 nitrogen and oxygen atoms in total. The number of rotatable bonds is 4. The van der Waals surface area contributed by atoms with E-state index >= 15 is 0 Å². The molecule has 4 N–H and O–H groups in total. The van der Waals surface area contributed by atoms with Gasteiger partial charge in [0, 0.05) is 6.92 Å². The Bertz CT molecular complexity index is 227. The number of carboxylic acid groups (broad SMARTS) is 1. The minimum atomic E-state index is -1.33. The first-order chi connectivity index (χ1) is 5.97. The van der Waals surface area contributed by atoms with Gasteiger partial charge in [-0.05, 0) is 0 Å². The summed E-state index contributed by atoms with van der Waals surface area (Å²) in [5, 5.41) is 18.6. The maximum absolute atomic E-state index is 10.5. The molecule has 0 bridgehead atoms. The van der Waals surface area contributed by atoms with Gasteiger partial charge in [0.1, 0.15) is 6.04 Å². The van der Waals surface area contributed by atoms with Crippen molar-refractivity contribution in [1.82, 2.24) is 10.8 Å². The number of carbonyl (C=O) groups excluding carboxylic acids is 2. The highest BCUT2D eigenvalue weighted by molar-refractivity contribution is 5.87. The lowest BCUT2D eigenvalue weighted by molar-refractivity contribution is -0.144. The SMILES string of the molecule is CC(=O)N[C@H](CC(=O)NO)C(=O)O. The molecule has 0 aliphatic rings. The van der Waals surface area contributed by atoms with Gasteiger partial charge in [-0.1, -0.05) is 0 Å². The molecule has 13 heavy (non-hydrogen) atoms. The van der Waals surface area contributed by atoms with Crippen LogP contribution in [0.1, 0.15) is 13.3 Å². The van der Waals surface area contributed by atoms with Crippen LogP contribution in [-0.2, 0) is 14.4 Å². The maximum Gasteiger partial charge on any atom is 0.326 e. The summed E-state index contributed by atoms with van der Waals surface area (Å²) in [4.78, 5) is 31.4. The van der Waals surface area contributed by atoms with E-state index in [1.54, 1.807) is 0 Å². The highest BCUT2D eigenvalue weighted by Crippen LogP contribution is 1.92. The number of aliphatic carboxylic acids is 1. The van der Waals surface area contributed by atoms with E-state index in [0.29, 0.717) is 0 Å². The molecule has 0 spiro atoms. The van der Waals surface area contributed by atoms with E-state index in [9.17, 15) is 14.4 Å². The van der Waals surface area contributed by atoms with Crippen molar-refractivity contribution in [1.29, 1.82) is 0 Å². The van der Waals surface area contributed by atoms with Crippen LogP contribution in [0.3, 0.4) is 0 Å². The van der Waals surface area contributed by atoms with Gasteiger partial charge in [0.15, 0.2) is 0 Å². The topological polar surface area (TPSA) is 116 Å². The zero-order valence-electron chi connectivity index (χ0n) is 6.90. The van der Waals surface area contributed by atoms with Gasteiger partial charge in [-0.2, -0.15) is 0 Å². The molecule has 0 saturated carbocycles. The van der Waals surface area contributed by atoms with E-state index in [2.05, 4.69) is 0 Å². The first-order valence-corrected chi connectivity index (χ1v) is 3.40. The fraction of sp³-hybridized carbons (Fsp3) is 0.500. The molecule has 0 heterocycles. The zero-order chi connectivity index (χ0) is 10.4. The molecule has 0 rings (SSSR count). The van der Waals surface area contributed by atoms with Crippen LogP contribution in [0, 0.1) is 0 Å². The van der Waals surface area contributed by atoms with Crippen molar-refractivity contribution in [3.05, 3.63) is 0 Å². The zero-order valence-corrected chi connectivity index (χ0v) is 6.90.